The first-order chi connectivity index (χ1) is 3.80. The van der Waals surface area contributed by atoms with Gasteiger partial charge in [0.05, 0.1) is 0 Å². The minimum atomic E-state index is 0.108. The van der Waals surface area contributed by atoms with Crippen LogP contribution in [0.1, 0.15) is 19.3 Å². The third kappa shape index (κ3) is 0.999. The molecule has 0 heterocycles. The van der Waals surface area contributed by atoms with Gasteiger partial charge in [-0.05, 0) is 12.8 Å². The van der Waals surface area contributed by atoms with Crippen LogP contribution in [0.4, 0.5) is 0 Å². The predicted molar refractivity (Wildman–Crippen MR) is 32.7 cm³/mol. The molecule has 1 rings (SSSR count). The molecule has 0 spiro atoms. The number of carbonyl (C=O) groups is 1. The maximum absolute atomic E-state index is 10.6. The summed E-state index contributed by atoms with van der Waals surface area (Å²) >= 11 is 0. The highest BCUT2D eigenvalue weighted by Crippen LogP contribution is 2.10. The van der Waals surface area contributed by atoms with Gasteiger partial charge in [0.15, 0.2) is 0 Å². The van der Waals surface area contributed by atoms with E-state index in [1.807, 2.05) is 0 Å². The molecule has 40 valence electrons. The van der Waals surface area contributed by atoms with Crippen molar-refractivity contribution in [2.75, 3.05) is 0 Å². The van der Waals surface area contributed by atoms with E-state index >= 15 is 0 Å². The first kappa shape index (κ1) is 5.61. The lowest BCUT2D eigenvalue weighted by molar-refractivity contribution is -0.115. The summed E-state index contributed by atoms with van der Waals surface area (Å²) in [4.78, 5) is 10.6. The summed E-state index contributed by atoms with van der Waals surface area (Å²) in [5.41, 5.74) is 0.455. The summed E-state index contributed by atoms with van der Waals surface area (Å²) in [6.07, 6.45) is 4.38. The average molecular weight is 106 g/mol. The van der Waals surface area contributed by atoms with Crippen molar-refractivity contribution in [1.29, 1.82) is 0 Å². The van der Waals surface area contributed by atoms with Gasteiger partial charge < -0.3 is 0 Å². The monoisotopic (exact) mass is 106 g/mol. The molecule has 0 fully saturated rings. The Morgan fingerprint density at radius 1 is 1.62 bits per heavy atom. The number of hydrogen-bond acceptors (Lipinski definition) is 1. The Labute approximate surface area is 50.2 Å². The second-order valence-electron chi connectivity index (χ2n) is 1.97. The van der Waals surface area contributed by atoms with Crippen LogP contribution >= 0.6 is 0 Å². The summed E-state index contributed by atoms with van der Waals surface area (Å²) in [5, 5.41) is 0. The molecule has 0 aromatic rings. The molecule has 0 N–H and O–H groups in total. The molecular formula is C6H7BO. The van der Waals surface area contributed by atoms with E-state index in [2.05, 4.69) is 0 Å². The SMILES string of the molecule is [B]C1=CCCCC1=O. The zero-order valence-electron chi connectivity index (χ0n) is 4.68. The average Bonchev–Trinajstić information content (AvgIpc) is 1.77. The third-order valence-electron chi connectivity index (χ3n) is 1.29. The van der Waals surface area contributed by atoms with Crippen LogP contribution in [0.15, 0.2) is 11.5 Å². The number of allylic oxidation sites excluding steroid dienone is 2. The molecule has 0 saturated heterocycles. The van der Waals surface area contributed by atoms with Crippen LogP contribution in [0.3, 0.4) is 0 Å². The summed E-state index contributed by atoms with van der Waals surface area (Å²) < 4.78 is 0. The summed E-state index contributed by atoms with van der Waals surface area (Å²) in [7, 11) is 5.29. The van der Waals surface area contributed by atoms with Crippen LogP contribution in [0, 0.1) is 0 Å². The van der Waals surface area contributed by atoms with E-state index in [9.17, 15) is 4.79 Å². The molecule has 2 radical (unpaired) electrons. The number of ketones is 1. The van der Waals surface area contributed by atoms with Crippen molar-refractivity contribution in [2.45, 2.75) is 19.3 Å². The highest BCUT2D eigenvalue weighted by Gasteiger charge is 2.06. The molecule has 0 amide bonds. The van der Waals surface area contributed by atoms with Crippen LogP contribution < -0.4 is 0 Å². The van der Waals surface area contributed by atoms with Gasteiger partial charge in [0.2, 0.25) is 0 Å². The van der Waals surface area contributed by atoms with Gasteiger partial charge in [-0.25, -0.2) is 0 Å². The predicted octanol–water partition coefficient (Wildman–Crippen LogP) is 0.792. The van der Waals surface area contributed by atoms with Crippen molar-refractivity contribution in [3.63, 3.8) is 0 Å². The van der Waals surface area contributed by atoms with Crippen molar-refractivity contribution in [1.82, 2.24) is 0 Å². The van der Waals surface area contributed by atoms with Crippen molar-refractivity contribution in [2.24, 2.45) is 0 Å². The third-order valence-corrected chi connectivity index (χ3v) is 1.29. The van der Waals surface area contributed by atoms with Gasteiger partial charge in [0.25, 0.3) is 0 Å². The second kappa shape index (κ2) is 2.16. The summed E-state index contributed by atoms with van der Waals surface area (Å²) in [5.74, 6) is 0.108. The van der Waals surface area contributed by atoms with Gasteiger partial charge in [0.1, 0.15) is 13.6 Å². The van der Waals surface area contributed by atoms with Gasteiger partial charge in [-0.15, -0.1) is 0 Å². The molecule has 0 aromatic heterocycles. The highest BCUT2D eigenvalue weighted by molar-refractivity contribution is 6.36. The van der Waals surface area contributed by atoms with Crippen LogP contribution in [0.2, 0.25) is 0 Å². The zero-order valence-corrected chi connectivity index (χ0v) is 4.68. The number of hydrogen-bond donors (Lipinski definition) is 0. The second-order valence-corrected chi connectivity index (χ2v) is 1.97. The Kier molecular flexibility index (Phi) is 1.52. The number of carbonyl (C=O) groups excluding carboxylic acids is 1. The van der Waals surface area contributed by atoms with Gasteiger partial charge in [-0.1, -0.05) is 11.5 Å². The van der Waals surface area contributed by atoms with E-state index in [0.717, 1.165) is 12.8 Å². The Hall–Kier alpha value is -0.525. The van der Waals surface area contributed by atoms with Crippen molar-refractivity contribution in [3.8, 4) is 0 Å². The molecule has 2 heteroatoms. The Bertz CT molecular complexity index is 137. The number of rotatable bonds is 0. The van der Waals surface area contributed by atoms with Crippen LogP contribution in [0.25, 0.3) is 0 Å². The largest absolute Gasteiger partial charge is 0.296 e. The highest BCUT2D eigenvalue weighted by atomic mass is 16.1. The molecule has 0 aromatic carbocycles. The fourth-order valence-corrected chi connectivity index (χ4v) is 0.778. The minimum Gasteiger partial charge on any atom is -0.296 e. The quantitative estimate of drug-likeness (QED) is 0.417. The topological polar surface area (TPSA) is 17.1 Å². The van der Waals surface area contributed by atoms with Gasteiger partial charge in [0, 0.05) is 6.42 Å². The van der Waals surface area contributed by atoms with Gasteiger partial charge in [-0.2, -0.15) is 0 Å². The van der Waals surface area contributed by atoms with E-state index < -0.39 is 0 Å². The van der Waals surface area contributed by atoms with Crippen LogP contribution in [-0.4, -0.2) is 13.6 Å². The molecule has 1 nitrogen and oxygen atoms in total. The lowest BCUT2D eigenvalue weighted by Gasteiger charge is -2.05. The first-order valence-corrected chi connectivity index (χ1v) is 2.79. The smallest absolute Gasteiger partial charge is 0.148 e. The van der Waals surface area contributed by atoms with E-state index in [1.54, 1.807) is 6.08 Å². The standard InChI is InChI=1S/C6H7BO/c7-5-3-1-2-4-6(5)8/h3H,1-2,4H2. The molecule has 0 aliphatic heterocycles. The maximum Gasteiger partial charge on any atom is 0.148 e. The van der Waals surface area contributed by atoms with Crippen molar-refractivity contribution < 1.29 is 4.79 Å². The Morgan fingerprint density at radius 2 is 2.38 bits per heavy atom. The van der Waals surface area contributed by atoms with Crippen molar-refractivity contribution in [3.05, 3.63) is 11.5 Å². The van der Waals surface area contributed by atoms with E-state index in [0.29, 0.717) is 11.9 Å². The molecule has 8 heavy (non-hydrogen) atoms. The van der Waals surface area contributed by atoms with Gasteiger partial charge >= 0.3 is 0 Å². The molecule has 0 saturated carbocycles. The maximum atomic E-state index is 10.6. The van der Waals surface area contributed by atoms with E-state index in [-0.39, 0.29) is 5.78 Å². The first-order valence-electron chi connectivity index (χ1n) is 2.79. The van der Waals surface area contributed by atoms with E-state index in [4.69, 9.17) is 7.85 Å². The molecule has 1 aliphatic rings. The summed E-state index contributed by atoms with van der Waals surface area (Å²) in [6.45, 7) is 0. The van der Waals surface area contributed by atoms with Crippen LogP contribution in [0.5, 0.6) is 0 Å². The van der Waals surface area contributed by atoms with Crippen LogP contribution in [-0.2, 0) is 4.79 Å². The van der Waals surface area contributed by atoms with E-state index in [1.165, 1.54) is 0 Å². The fraction of sp³-hybridized carbons (Fsp3) is 0.500. The molecule has 0 atom stereocenters. The fourth-order valence-electron chi connectivity index (χ4n) is 0.778. The van der Waals surface area contributed by atoms with Gasteiger partial charge in [-0.3, -0.25) is 4.79 Å². The minimum absolute atomic E-state index is 0.108. The molecule has 0 unspecified atom stereocenters. The van der Waals surface area contributed by atoms with Crippen molar-refractivity contribution >= 4 is 13.6 Å². The number of Topliss-reactive ketones (excluding diaryl/α,β-unsaturated/α-hetero) is 1. The summed E-state index contributed by atoms with van der Waals surface area (Å²) in [6, 6.07) is 0. The molecule has 0 bridgehead atoms. The zero-order chi connectivity index (χ0) is 5.98. The lowest BCUT2D eigenvalue weighted by Crippen LogP contribution is -2.05. The Balaban J connectivity index is 2.67. The molecular weight excluding hydrogens is 98.9 g/mol. The normalized spacial score (nSPS) is 20.5. The molecule has 1 aliphatic carbocycles. The lowest BCUT2D eigenvalue weighted by atomic mass is 9.84. The Morgan fingerprint density at radius 3 is 2.75 bits per heavy atom.